The minimum absolute atomic E-state index is 0.655. The third-order valence-electron chi connectivity index (χ3n) is 3.93. The van der Waals surface area contributed by atoms with Crippen molar-refractivity contribution in [2.24, 2.45) is 0 Å². The standard InChI is InChI=1S/C16H21N3O2S/c1-10-7-13(20-3)14(21-4)8-12(10)9-19(2)16-18-17-15(22-16)11-5-6-11/h7-8,11H,5-6,9H2,1-4H3. The number of hydrogen-bond donors (Lipinski definition) is 0. The highest BCUT2D eigenvalue weighted by atomic mass is 32.1. The Labute approximate surface area is 134 Å². The molecule has 118 valence electrons. The van der Waals surface area contributed by atoms with Crippen LogP contribution in [0.4, 0.5) is 5.13 Å². The molecule has 0 spiro atoms. The summed E-state index contributed by atoms with van der Waals surface area (Å²) < 4.78 is 10.7. The quantitative estimate of drug-likeness (QED) is 0.817. The molecule has 0 bridgehead atoms. The van der Waals surface area contributed by atoms with Crippen LogP contribution in [-0.4, -0.2) is 31.5 Å². The summed E-state index contributed by atoms with van der Waals surface area (Å²) in [6.07, 6.45) is 2.51. The molecule has 6 heteroatoms. The van der Waals surface area contributed by atoms with Crippen LogP contribution in [0, 0.1) is 6.92 Å². The molecule has 2 aromatic rings. The van der Waals surface area contributed by atoms with Gasteiger partial charge in [0.2, 0.25) is 5.13 Å². The smallest absolute Gasteiger partial charge is 0.208 e. The van der Waals surface area contributed by atoms with Crippen molar-refractivity contribution < 1.29 is 9.47 Å². The fraction of sp³-hybridized carbons (Fsp3) is 0.500. The minimum Gasteiger partial charge on any atom is -0.493 e. The summed E-state index contributed by atoms with van der Waals surface area (Å²) in [5, 5.41) is 10.8. The first-order valence-corrected chi connectivity index (χ1v) is 8.20. The number of methoxy groups -OCH3 is 2. The number of aromatic nitrogens is 2. The van der Waals surface area contributed by atoms with Gasteiger partial charge in [-0.3, -0.25) is 0 Å². The Morgan fingerprint density at radius 2 is 1.86 bits per heavy atom. The number of anilines is 1. The molecule has 0 amide bonds. The van der Waals surface area contributed by atoms with E-state index in [9.17, 15) is 0 Å². The zero-order valence-corrected chi connectivity index (χ0v) is 14.2. The number of aryl methyl sites for hydroxylation is 1. The Bertz CT molecular complexity index is 667. The predicted octanol–water partition coefficient (Wildman–Crippen LogP) is 3.38. The number of rotatable bonds is 6. The summed E-state index contributed by atoms with van der Waals surface area (Å²) in [4.78, 5) is 2.14. The first-order valence-electron chi connectivity index (χ1n) is 7.38. The zero-order chi connectivity index (χ0) is 15.7. The number of nitrogens with zero attached hydrogens (tertiary/aromatic N) is 3. The number of benzene rings is 1. The van der Waals surface area contributed by atoms with Crippen LogP contribution < -0.4 is 14.4 Å². The second kappa shape index (κ2) is 6.12. The van der Waals surface area contributed by atoms with E-state index in [0.717, 1.165) is 23.2 Å². The lowest BCUT2D eigenvalue weighted by Gasteiger charge is -2.18. The summed E-state index contributed by atoms with van der Waals surface area (Å²) >= 11 is 1.70. The molecule has 1 heterocycles. The van der Waals surface area contributed by atoms with E-state index < -0.39 is 0 Å². The van der Waals surface area contributed by atoms with E-state index in [1.165, 1.54) is 29.0 Å². The molecule has 0 atom stereocenters. The molecule has 0 radical (unpaired) electrons. The number of hydrogen-bond acceptors (Lipinski definition) is 6. The molecule has 22 heavy (non-hydrogen) atoms. The lowest BCUT2D eigenvalue weighted by atomic mass is 10.1. The fourth-order valence-electron chi connectivity index (χ4n) is 2.39. The third-order valence-corrected chi connectivity index (χ3v) is 5.13. The van der Waals surface area contributed by atoms with Crippen LogP contribution in [0.15, 0.2) is 12.1 Å². The van der Waals surface area contributed by atoms with E-state index in [1.54, 1.807) is 25.6 Å². The molecule has 3 rings (SSSR count). The van der Waals surface area contributed by atoms with Gasteiger partial charge in [-0.05, 0) is 43.0 Å². The summed E-state index contributed by atoms with van der Waals surface area (Å²) in [6.45, 7) is 2.85. The van der Waals surface area contributed by atoms with Gasteiger partial charge in [-0.2, -0.15) is 0 Å². The van der Waals surface area contributed by atoms with Crippen LogP contribution in [-0.2, 0) is 6.54 Å². The molecule has 0 saturated heterocycles. The highest BCUT2D eigenvalue weighted by Crippen LogP contribution is 2.42. The Kier molecular flexibility index (Phi) is 4.20. The summed E-state index contributed by atoms with van der Waals surface area (Å²) in [7, 11) is 5.37. The molecule has 0 N–H and O–H groups in total. The van der Waals surface area contributed by atoms with Gasteiger partial charge < -0.3 is 14.4 Å². The van der Waals surface area contributed by atoms with Gasteiger partial charge in [-0.15, -0.1) is 10.2 Å². The monoisotopic (exact) mass is 319 g/mol. The summed E-state index contributed by atoms with van der Waals surface area (Å²) in [6, 6.07) is 4.05. The van der Waals surface area contributed by atoms with Crippen LogP contribution >= 0.6 is 11.3 Å². The zero-order valence-electron chi connectivity index (χ0n) is 13.4. The first kappa shape index (κ1) is 15.1. The second-order valence-electron chi connectivity index (χ2n) is 5.69. The van der Waals surface area contributed by atoms with E-state index in [-0.39, 0.29) is 0 Å². The Balaban J connectivity index is 1.78. The maximum Gasteiger partial charge on any atom is 0.208 e. The van der Waals surface area contributed by atoms with Gasteiger partial charge in [0.25, 0.3) is 0 Å². The van der Waals surface area contributed by atoms with E-state index >= 15 is 0 Å². The van der Waals surface area contributed by atoms with Crippen molar-refractivity contribution in [2.75, 3.05) is 26.2 Å². The first-order chi connectivity index (χ1) is 10.6. The maximum absolute atomic E-state index is 5.39. The molecule has 1 aromatic carbocycles. The van der Waals surface area contributed by atoms with Gasteiger partial charge in [0.05, 0.1) is 14.2 Å². The highest BCUT2D eigenvalue weighted by Gasteiger charge is 2.28. The molecule has 1 fully saturated rings. The van der Waals surface area contributed by atoms with Crippen LogP contribution in [0.25, 0.3) is 0 Å². The third kappa shape index (κ3) is 3.02. The van der Waals surface area contributed by atoms with E-state index in [1.807, 2.05) is 19.2 Å². The van der Waals surface area contributed by atoms with E-state index in [2.05, 4.69) is 22.0 Å². The fourth-order valence-corrected chi connectivity index (χ4v) is 3.37. The molecule has 1 aliphatic carbocycles. The molecule has 5 nitrogen and oxygen atoms in total. The predicted molar refractivity (Wildman–Crippen MR) is 88.3 cm³/mol. The van der Waals surface area contributed by atoms with Gasteiger partial charge in [-0.1, -0.05) is 11.3 Å². The minimum atomic E-state index is 0.655. The van der Waals surface area contributed by atoms with Gasteiger partial charge in [0, 0.05) is 19.5 Å². The topological polar surface area (TPSA) is 47.5 Å². The molecule has 0 unspecified atom stereocenters. The average Bonchev–Trinajstić information content (AvgIpc) is 3.25. The average molecular weight is 319 g/mol. The Morgan fingerprint density at radius 1 is 1.18 bits per heavy atom. The molecule has 0 aliphatic heterocycles. The van der Waals surface area contributed by atoms with Crippen LogP contribution in [0.1, 0.15) is 34.9 Å². The largest absolute Gasteiger partial charge is 0.493 e. The van der Waals surface area contributed by atoms with Gasteiger partial charge in [0.15, 0.2) is 11.5 Å². The highest BCUT2D eigenvalue weighted by molar-refractivity contribution is 7.15. The lowest BCUT2D eigenvalue weighted by Crippen LogP contribution is -2.17. The van der Waals surface area contributed by atoms with Gasteiger partial charge >= 0.3 is 0 Å². The Hall–Kier alpha value is -1.82. The maximum atomic E-state index is 5.39. The lowest BCUT2D eigenvalue weighted by molar-refractivity contribution is 0.354. The van der Waals surface area contributed by atoms with Crippen molar-refractivity contribution in [3.05, 3.63) is 28.3 Å². The molecular weight excluding hydrogens is 298 g/mol. The van der Waals surface area contributed by atoms with Crippen LogP contribution in [0.2, 0.25) is 0 Å². The van der Waals surface area contributed by atoms with Crippen molar-refractivity contribution >= 4 is 16.5 Å². The van der Waals surface area contributed by atoms with Crippen molar-refractivity contribution in [2.45, 2.75) is 32.2 Å². The SMILES string of the molecule is COc1cc(C)c(CN(C)c2nnc(C3CC3)s2)cc1OC. The summed E-state index contributed by atoms with van der Waals surface area (Å²) in [5.74, 6) is 2.17. The van der Waals surface area contributed by atoms with Gasteiger partial charge in [0.1, 0.15) is 5.01 Å². The van der Waals surface area contributed by atoms with Gasteiger partial charge in [-0.25, -0.2) is 0 Å². The number of ether oxygens (including phenoxy) is 2. The summed E-state index contributed by atoms with van der Waals surface area (Å²) in [5.41, 5.74) is 2.37. The molecular formula is C16H21N3O2S. The van der Waals surface area contributed by atoms with Crippen LogP contribution in [0.5, 0.6) is 11.5 Å². The molecule has 1 aromatic heterocycles. The van der Waals surface area contributed by atoms with Crippen LogP contribution in [0.3, 0.4) is 0 Å². The van der Waals surface area contributed by atoms with Crippen molar-refractivity contribution in [1.82, 2.24) is 10.2 Å². The Morgan fingerprint density at radius 3 is 2.50 bits per heavy atom. The van der Waals surface area contributed by atoms with E-state index in [4.69, 9.17) is 9.47 Å². The second-order valence-corrected chi connectivity index (χ2v) is 6.67. The van der Waals surface area contributed by atoms with Crippen molar-refractivity contribution in [3.8, 4) is 11.5 Å². The molecule has 1 saturated carbocycles. The van der Waals surface area contributed by atoms with Crippen molar-refractivity contribution in [1.29, 1.82) is 0 Å². The molecule has 1 aliphatic rings. The van der Waals surface area contributed by atoms with Crippen molar-refractivity contribution in [3.63, 3.8) is 0 Å². The van der Waals surface area contributed by atoms with E-state index in [0.29, 0.717) is 5.92 Å². The normalized spacial score (nSPS) is 14.0.